The normalized spacial score (nSPS) is 42.7. The number of esters is 2. The molecule has 0 aromatic carbocycles. The van der Waals surface area contributed by atoms with Crippen LogP contribution in [-0.2, 0) is 33.5 Å². The minimum Gasteiger partial charge on any atom is -0.462 e. The van der Waals surface area contributed by atoms with E-state index >= 15 is 0 Å². The van der Waals surface area contributed by atoms with Gasteiger partial charge < -0.3 is 9.47 Å². The van der Waals surface area contributed by atoms with Gasteiger partial charge in [0.25, 0.3) is 0 Å². The summed E-state index contributed by atoms with van der Waals surface area (Å²) in [5, 5.41) is 10.2. The zero-order chi connectivity index (χ0) is 25.1. The molecule has 3 fully saturated rings. The molecule has 4 aliphatic carbocycles. The monoisotopic (exact) mass is 474 g/mol. The van der Waals surface area contributed by atoms with Crippen LogP contribution >= 0.6 is 0 Å². The zero-order valence-corrected chi connectivity index (χ0v) is 20.5. The van der Waals surface area contributed by atoms with E-state index in [0.29, 0.717) is 12.8 Å². The first-order chi connectivity index (χ1) is 15.9. The Bertz CT molecular complexity index is 981. The molecule has 0 amide bonds. The van der Waals surface area contributed by atoms with Gasteiger partial charge in [-0.3, -0.25) is 24.4 Å². The lowest BCUT2D eigenvalue weighted by atomic mass is 9.46. The molecule has 0 heterocycles. The average molecular weight is 475 g/mol. The Morgan fingerprint density at radius 2 is 1.88 bits per heavy atom. The SMILES string of the molecule is CC(=O)OCC(=O)[C@@]1(OO)[C@H](C)C[C@H]2[C@@H]3CCC4=CC(=O)C=C[C@]4(C)[C@H]3[C@@H](OC(C)=O)C[C@@]21C. The molecule has 4 aliphatic rings. The van der Waals surface area contributed by atoms with Crippen molar-refractivity contribution in [3.8, 4) is 0 Å². The van der Waals surface area contributed by atoms with Gasteiger partial charge in [-0.1, -0.05) is 32.4 Å². The molecule has 0 aliphatic heterocycles. The fraction of sp³-hybridized carbons (Fsp3) is 0.692. The summed E-state index contributed by atoms with van der Waals surface area (Å²) in [5.41, 5.74) is -1.85. The molecule has 0 spiro atoms. The highest BCUT2D eigenvalue weighted by Crippen LogP contribution is 2.69. The molecule has 8 atom stereocenters. The summed E-state index contributed by atoms with van der Waals surface area (Å²) in [4.78, 5) is 54.2. The number of rotatable bonds is 5. The lowest BCUT2D eigenvalue weighted by Crippen LogP contribution is -2.64. The minimum atomic E-state index is -1.59. The lowest BCUT2D eigenvalue weighted by Gasteiger charge is -2.60. The van der Waals surface area contributed by atoms with E-state index in [1.807, 2.05) is 19.9 Å². The van der Waals surface area contributed by atoms with E-state index < -0.39 is 46.9 Å². The molecule has 1 N–H and O–H groups in total. The number of ether oxygens (including phenoxy) is 2. The quantitative estimate of drug-likeness (QED) is 0.366. The highest BCUT2D eigenvalue weighted by molar-refractivity contribution is 6.01. The van der Waals surface area contributed by atoms with Crippen molar-refractivity contribution >= 4 is 23.5 Å². The Labute approximate surface area is 199 Å². The second kappa shape index (κ2) is 8.41. The van der Waals surface area contributed by atoms with Crippen molar-refractivity contribution in [2.45, 2.75) is 72.0 Å². The second-order valence-corrected chi connectivity index (χ2v) is 11.0. The van der Waals surface area contributed by atoms with Crippen molar-refractivity contribution in [3.63, 3.8) is 0 Å². The molecule has 3 saturated carbocycles. The first kappa shape index (κ1) is 24.8. The fourth-order valence-electron chi connectivity index (χ4n) is 8.05. The molecular weight excluding hydrogens is 440 g/mol. The zero-order valence-electron chi connectivity index (χ0n) is 20.5. The van der Waals surface area contributed by atoms with Crippen LogP contribution in [-0.4, -0.2) is 47.1 Å². The molecule has 0 radical (unpaired) electrons. The van der Waals surface area contributed by atoms with Gasteiger partial charge in [0.2, 0.25) is 5.78 Å². The molecule has 0 saturated heterocycles. The lowest BCUT2D eigenvalue weighted by molar-refractivity contribution is -0.351. The highest BCUT2D eigenvalue weighted by Gasteiger charge is 2.73. The third kappa shape index (κ3) is 3.40. The summed E-state index contributed by atoms with van der Waals surface area (Å²) in [5.74, 6) is -1.89. The predicted molar refractivity (Wildman–Crippen MR) is 120 cm³/mol. The maximum Gasteiger partial charge on any atom is 0.303 e. The van der Waals surface area contributed by atoms with Crippen molar-refractivity contribution < 1.29 is 38.8 Å². The molecular formula is C26H34O8. The van der Waals surface area contributed by atoms with Crippen LogP contribution in [0, 0.1) is 34.5 Å². The number of hydrogen-bond donors (Lipinski definition) is 1. The fourth-order valence-corrected chi connectivity index (χ4v) is 8.05. The van der Waals surface area contributed by atoms with Gasteiger partial charge in [-0.2, -0.15) is 0 Å². The molecule has 8 nitrogen and oxygen atoms in total. The van der Waals surface area contributed by atoms with Gasteiger partial charge >= 0.3 is 11.9 Å². The van der Waals surface area contributed by atoms with E-state index in [1.54, 1.807) is 12.2 Å². The number of Topliss-reactive ketones (excluding diaryl/α,β-unsaturated/α-hetero) is 1. The minimum absolute atomic E-state index is 0.00265. The highest BCUT2D eigenvalue weighted by atomic mass is 17.1. The average Bonchev–Trinajstić information content (AvgIpc) is 2.98. The van der Waals surface area contributed by atoms with E-state index in [2.05, 4.69) is 6.92 Å². The van der Waals surface area contributed by atoms with Gasteiger partial charge in [-0.05, 0) is 55.6 Å². The topological polar surface area (TPSA) is 116 Å². The molecule has 186 valence electrons. The van der Waals surface area contributed by atoms with Gasteiger partial charge in [0.05, 0.1) is 0 Å². The standard InChI is InChI=1S/C26H34O8/c1-14-10-20-19-7-6-17-11-18(29)8-9-24(17,4)23(19)21(33-16(3)28)12-25(20,5)26(14,34-31)22(30)13-32-15(2)27/h8-9,11,14,19-21,23,31H,6-7,10,12-13H2,1-5H3/t14-,19+,20+,21+,23-,24+,25+,26+/m1/s1. The largest absolute Gasteiger partial charge is 0.462 e. The number of fused-ring (bicyclic) bond motifs is 5. The first-order valence-electron chi connectivity index (χ1n) is 12.0. The van der Waals surface area contributed by atoms with Crippen LogP contribution in [0.3, 0.4) is 0 Å². The van der Waals surface area contributed by atoms with Crippen LogP contribution in [0.25, 0.3) is 0 Å². The molecule has 34 heavy (non-hydrogen) atoms. The van der Waals surface area contributed by atoms with Crippen molar-refractivity contribution in [3.05, 3.63) is 23.8 Å². The maximum absolute atomic E-state index is 13.5. The van der Waals surface area contributed by atoms with Crippen molar-refractivity contribution in [2.24, 2.45) is 34.5 Å². The molecule has 0 unspecified atom stereocenters. The Morgan fingerprint density at radius 3 is 2.50 bits per heavy atom. The summed E-state index contributed by atoms with van der Waals surface area (Å²) >= 11 is 0. The van der Waals surface area contributed by atoms with E-state index in [9.17, 15) is 24.4 Å². The Balaban J connectivity index is 1.80. The molecule has 4 rings (SSSR count). The van der Waals surface area contributed by atoms with Crippen LogP contribution in [0.2, 0.25) is 0 Å². The second-order valence-electron chi connectivity index (χ2n) is 11.0. The Kier molecular flexibility index (Phi) is 6.13. The van der Waals surface area contributed by atoms with E-state index in [4.69, 9.17) is 14.4 Å². The third-order valence-electron chi connectivity index (χ3n) is 9.30. The molecule has 0 aromatic rings. The first-order valence-corrected chi connectivity index (χ1v) is 12.0. The number of carbonyl (C=O) groups is 4. The van der Waals surface area contributed by atoms with Crippen molar-refractivity contribution in [2.75, 3.05) is 6.61 Å². The maximum atomic E-state index is 13.5. The predicted octanol–water partition coefficient (Wildman–Crippen LogP) is 3.44. The van der Waals surface area contributed by atoms with Gasteiger partial charge in [-0.15, -0.1) is 0 Å². The third-order valence-corrected chi connectivity index (χ3v) is 9.30. The Hall–Kier alpha value is -2.32. The smallest absolute Gasteiger partial charge is 0.303 e. The molecule has 0 bridgehead atoms. The van der Waals surface area contributed by atoms with E-state index in [-0.39, 0.29) is 29.5 Å². The van der Waals surface area contributed by atoms with Crippen molar-refractivity contribution in [1.29, 1.82) is 0 Å². The van der Waals surface area contributed by atoms with Gasteiger partial charge in [0.15, 0.2) is 18.0 Å². The summed E-state index contributed by atoms with van der Waals surface area (Å²) in [6.07, 6.45) is 7.14. The summed E-state index contributed by atoms with van der Waals surface area (Å²) < 4.78 is 10.9. The van der Waals surface area contributed by atoms with Gasteiger partial charge in [0, 0.05) is 30.6 Å². The van der Waals surface area contributed by atoms with Gasteiger partial charge in [-0.25, -0.2) is 4.89 Å². The van der Waals surface area contributed by atoms with E-state index in [1.165, 1.54) is 13.8 Å². The molecule has 0 aromatic heterocycles. The molecule has 8 heteroatoms. The number of hydrogen-bond acceptors (Lipinski definition) is 8. The summed E-state index contributed by atoms with van der Waals surface area (Å²) in [7, 11) is 0. The van der Waals surface area contributed by atoms with E-state index in [0.717, 1.165) is 18.4 Å². The van der Waals surface area contributed by atoms with Crippen LogP contribution in [0.15, 0.2) is 23.8 Å². The Morgan fingerprint density at radius 1 is 1.18 bits per heavy atom. The summed E-state index contributed by atoms with van der Waals surface area (Å²) in [6, 6.07) is 0. The number of allylic oxidation sites excluding steroid dienone is 4. The van der Waals surface area contributed by atoms with Crippen LogP contribution in [0.5, 0.6) is 0 Å². The van der Waals surface area contributed by atoms with Gasteiger partial charge in [0.1, 0.15) is 6.10 Å². The number of ketones is 2. The van der Waals surface area contributed by atoms with Crippen LogP contribution in [0.1, 0.15) is 60.3 Å². The van der Waals surface area contributed by atoms with Crippen LogP contribution in [0.4, 0.5) is 0 Å². The van der Waals surface area contributed by atoms with Crippen LogP contribution < -0.4 is 0 Å². The summed E-state index contributed by atoms with van der Waals surface area (Å²) in [6.45, 7) is 7.98. The van der Waals surface area contributed by atoms with Crippen molar-refractivity contribution in [1.82, 2.24) is 0 Å². The number of carbonyl (C=O) groups excluding carboxylic acids is 4.